The van der Waals surface area contributed by atoms with Crippen LogP contribution in [0.1, 0.15) is 18.9 Å². The molecule has 0 heterocycles. The largest absolute Gasteiger partial charge is 0.516 e. The molecule has 1 aromatic carbocycles. The second kappa shape index (κ2) is 7.52. The minimum Gasteiger partial charge on any atom is -0.380 e. The number of sulfonamides is 1. The van der Waals surface area contributed by atoms with E-state index in [9.17, 15) is 21.6 Å². The smallest absolute Gasteiger partial charge is 0.380 e. The summed E-state index contributed by atoms with van der Waals surface area (Å²) in [5.74, 6) is 0. The number of nitriles is 1. The first-order valence-corrected chi connectivity index (χ1v) is 7.93. The third kappa shape index (κ3) is 5.01. The lowest BCUT2D eigenvalue weighted by molar-refractivity contribution is -0.0429. The van der Waals surface area contributed by atoms with Crippen LogP contribution in [0.2, 0.25) is 5.02 Å². The van der Waals surface area contributed by atoms with Crippen molar-refractivity contribution in [3.63, 3.8) is 0 Å². The minimum absolute atomic E-state index is 0.0192. The highest BCUT2D eigenvalue weighted by molar-refractivity contribution is 7.93. The van der Waals surface area contributed by atoms with Gasteiger partial charge in [-0.15, -0.1) is 0 Å². The zero-order valence-electron chi connectivity index (χ0n) is 11.7. The van der Waals surface area contributed by atoms with Crippen molar-refractivity contribution in [1.82, 2.24) is 0 Å². The molecule has 0 unspecified atom stereocenters. The molecule has 0 aliphatic rings. The number of anilines is 1. The normalized spacial score (nSPS) is 12.6. The molecule has 0 bridgehead atoms. The second-order valence-electron chi connectivity index (χ2n) is 4.06. The zero-order valence-corrected chi connectivity index (χ0v) is 13.3. The highest BCUT2D eigenvalue weighted by Gasteiger charge is 2.46. The summed E-state index contributed by atoms with van der Waals surface area (Å²) < 4.78 is 61.4. The predicted octanol–water partition coefficient (Wildman–Crippen LogP) is 3.26. The van der Waals surface area contributed by atoms with Crippen molar-refractivity contribution in [2.24, 2.45) is 5.16 Å². The van der Waals surface area contributed by atoms with Gasteiger partial charge in [-0.25, -0.2) is 0 Å². The predicted molar refractivity (Wildman–Crippen MR) is 78.4 cm³/mol. The van der Waals surface area contributed by atoms with Crippen molar-refractivity contribution in [3.8, 4) is 6.07 Å². The van der Waals surface area contributed by atoms with Crippen molar-refractivity contribution in [1.29, 1.82) is 5.26 Å². The molecule has 0 saturated heterocycles. The molecule has 0 aliphatic carbocycles. The van der Waals surface area contributed by atoms with Gasteiger partial charge in [0.15, 0.2) is 0 Å². The summed E-state index contributed by atoms with van der Waals surface area (Å²) in [6.45, 7) is 1.26. The molecular weight excluding hydrogens is 359 g/mol. The van der Waals surface area contributed by atoms with E-state index < -0.39 is 15.5 Å². The van der Waals surface area contributed by atoms with Crippen LogP contribution in [0.3, 0.4) is 0 Å². The van der Waals surface area contributed by atoms with Gasteiger partial charge >= 0.3 is 15.5 Å². The van der Waals surface area contributed by atoms with Crippen LogP contribution in [0.15, 0.2) is 23.4 Å². The van der Waals surface area contributed by atoms with Gasteiger partial charge in [-0.05, 0) is 24.6 Å². The van der Waals surface area contributed by atoms with Crippen molar-refractivity contribution in [3.05, 3.63) is 28.8 Å². The highest BCUT2D eigenvalue weighted by Crippen LogP contribution is 2.29. The molecule has 0 aliphatic heterocycles. The quantitative estimate of drug-likeness (QED) is 0.473. The van der Waals surface area contributed by atoms with Gasteiger partial charge in [0.05, 0.1) is 11.4 Å². The molecule has 0 fully saturated rings. The Balaban J connectivity index is 3.31. The summed E-state index contributed by atoms with van der Waals surface area (Å²) >= 11 is 5.79. The average molecular weight is 370 g/mol. The Morgan fingerprint density at radius 2 is 2.13 bits per heavy atom. The van der Waals surface area contributed by atoms with E-state index in [4.69, 9.17) is 16.9 Å². The molecule has 0 amide bonds. The Morgan fingerprint density at radius 3 is 2.65 bits per heavy atom. The third-order valence-corrected chi connectivity index (χ3v) is 3.81. The van der Waals surface area contributed by atoms with Gasteiger partial charge in [-0.3, -0.25) is 4.72 Å². The second-order valence-corrected chi connectivity index (χ2v) is 6.17. The van der Waals surface area contributed by atoms with Crippen LogP contribution >= 0.6 is 11.6 Å². The molecule has 0 radical (unpaired) electrons. The van der Waals surface area contributed by atoms with Gasteiger partial charge in [0.25, 0.3) is 0 Å². The molecule has 6 nitrogen and oxygen atoms in total. The Hall–Kier alpha value is -1.99. The van der Waals surface area contributed by atoms with Crippen molar-refractivity contribution < 1.29 is 26.4 Å². The van der Waals surface area contributed by atoms with Crippen molar-refractivity contribution in [2.75, 3.05) is 11.3 Å². The molecule has 11 heteroatoms. The molecule has 0 saturated carbocycles. The first kappa shape index (κ1) is 19.1. The molecule has 1 aromatic rings. The molecule has 0 aromatic heterocycles. The van der Waals surface area contributed by atoms with Crippen LogP contribution in [0, 0.1) is 11.3 Å². The van der Waals surface area contributed by atoms with Crippen molar-refractivity contribution >= 4 is 33.0 Å². The SMILES string of the molecule is CCC(=NOCC#N)c1cc(Cl)ccc1NS(=O)(=O)C(F)(F)F. The Bertz CT molecular complexity index is 742. The molecule has 0 atom stereocenters. The zero-order chi connectivity index (χ0) is 17.7. The minimum atomic E-state index is -5.59. The highest BCUT2D eigenvalue weighted by atomic mass is 35.5. The molecule has 1 rings (SSSR count). The van der Waals surface area contributed by atoms with E-state index >= 15 is 0 Å². The maximum atomic E-state index is 12.5. The van der Waals surface area contributed by atoms with Crippen LogP contribution in [0.4, 0.5) is 18.9 Å². The summed E-state index contributed by atoms with van der Waals surface area (Å²) in [5.41, 5.74) is -5.67. The maximum Gasteiger partial charge on any atom is 0.516 e. The number of oxime groups is 1. The fourth-order valence-corrected chi connectivity index (χ4v) is 2.25. The number of rotatable bonds is 6. The number of nitrogens with one attached hydrogen (secondary N) is 1. The van der Waals surface area contributed by atoms with E-state index in [1.165, 1.54) is 16.9 Å². The van der Waals surface area contributed by atoms with E-state index in [-0.39, 0.29) is 35.0 Å². The van der Waals surface area contributed by atoms with E-state index in [0.717, 1.165) is 6.07 Å². The summed E-state index contributed by atoms with van der Waals surface area (Å²) in [5, 5.41) is 12.2. The van der Waals surface area contributed by atoms with Gasteiger partial charge in [0.2, 0.25) is 6.61 Å². The number of alkyl halides is 3. The Morgan fingerprint density at radius 1 is 1.48 bits per heavy atom. The van der Waals surface area contributed by atoms with Crippen LogP contribution in [-0.2, 0) is 14.9 Å². The lowest BCUT2D eigenvalue weighted by Gasteiger charge is -2.15. The molecule has 1 N–H and O–H groups in total. The summed E-state index contributed by atoms with van der Waals surface area (Å²) in [7, 11) is -5.59. The van der Waals surface area contributed by atoms with Crippen LogP contribution in [0.25, 0.3) is 0 Å². The van der Waals surface area contributed by atoms with Gasteiger partial charge in [-0.1, -0.05) is 23.7 Å². The van der Waals surface area contributed by atoms with E-state index in [1.54, 1.807) is 13.0 Å². The number of nitrogens with zero attached hydrogens (tertiary/aromatic N) is 2. The Kier molecular flexibility index (Phi) is 6.23. The van der Waals surface area contributed by atoms with Gasteiger partial charge in [0.1, 0.15) is 6.07 Å². The summed E-state index contributed by atoms with van der Waals surface area (Å²) in [4.78, 5) is 4.67. The lowest BCUT2D eigenvalue weighted by atomic mass is 10.1. The maximum absolute atomic E-state index is 12.5. The number of benzene rings is 1. The van der Waals surface area contributed by atoms with Gasteiger partial charge in [-0.2, -0.15) is 26.9 Å². The number of hydrogen-bond donors (Lipinski definition) is 1. The van der Waals surface area contributed by atoms with Crippen LogP contribution in [0.5, 0.6) is 0 Å². The van der Waals surface area contributed by atoms with Crippen LogP contribution in [-0.4, -0.2) is 26.2 Å². The summed E-state index contributed by atoms with van der Waals surface area (Å²) in [6, 6.07) is 5.22. The fourth-order valence-electron chi connectivity index (χ4n) is 1.49. The van der Waals surface area contributed by atoms with E-state index in [2.05, 4.69) is 9.99 Å². The van der Waals surface area contributed by atoms with Gasteiger partial charge in [0, 0.05) is 10.6 Å². The number of hydrogen-bond acceptors (Lipinski definition) is 5. The topological polar surface area (TPSA) is 91.5 Å². The van der Waals surface area contributed by atoms with Gasteiger partial charge < -0.3 is 4.84 Å². The third-order valence-electron chi connectivity index (χ3n) is 2.48. The lowest BCUT2D eigenvalue weighted by Crippen LogP contribution is -2.30. The molecule has 0 spiro atoms. The first-order chi connectivity index (χ1) is 10.6. The molecular formula is C12H11ClF3N3O3S. The Labute approximate surface area is 135 Å². The molecule has 126 valence electrons. The average Bonchev–Trinajstić information content (AvgIpc) is 2.44. The van der Waals surface area contributed by atoms with Crippen molar-refractivity contribution in [2.45, 2.75) is 18.9 Å². The van der Waals surface area contributed by atoms with E-state index in [1.807, 2.05) is 0 Å². The first-order valence-electron chi connectivity index (χ1n) is 6.07. The monoisotopic (exact) mass is 369 g/mol. The molecule has 23 heavy (non-hydrogen) atoms. The summed E-state index contributed by atoms with van der Waals surface area (Å²) in [6.07, 6.45) is 0.201. The van der Waals surface area contributed by atoms with Crippen LogP contribution < -0.4 is 4.72 Å². The standard InChI is InChI=1S/C12H11ClF3N3O3S/c1-2-10(18-22-6-5-17)9-7-8(13)3-4-11(9)19-23(20,21)12(14,15)16/h3-4,7,19H,2,6H2,1H3. The fraction of sp³-hybridized carbons (Fsp3) is 0.333. The van der Waals surface area contributed by atoms with E-state index in [0.29, 0.717) is 0 Å². The number of halogens is 4.